The van der Waals surface area contributed by atoms with E-state index in [0.29, 0.717) is 5.89 Å². The first kappa shape index (κ1) is 23.7. The molecule has 9 nitrogen and oxygen atoms in total. The maximum absolute atomic E-state index is 9.22. The van der Waals surface area contributed by atoms with E-state index < -0.39 is 10.4 Å². The van der Waals surface area contributed by atoms with Gasteiger partial charge in [-0.25, -0.2) is 13.4 Å². The van der Waals surface area contributed by atoms with Gasteiger partial charge >= 0.3 is 0 Å². The van der Waals surface area contributed by atoms with Crippen LogP contribution in [-0.2, 0) is 21.1 Å². The summed E-state index contributed by atoms with van der Waals surface area (Å²) in [6.07, 6.45) is -0.0315. The van der Waals surface area contributed by atoms with Gasteiger partial charge < -0.3 is 18.6 Å². The number of nitrogens with one attached hydrogen (secondary N) is 1. The number of anilines is 1. The maximum atomic E-state index is 9.22. The van der Waals surface area contributed by atoms with E-state index in [4.69, 9.17) is 14.1 Å². The molecule has 2 unspecified atom stereocenters. The fourth-order valence-electron chi connectivity index (χ4n) is 4.02. The molecular weight excluding hydrogens is 458 g/mol. The van der Waals surface area contributed by atoms with Crippen LogP contribution in [-0.4, -0.2) is 39.2 Å². The van der Waals surface area contributed by atoms with E-state index in [1.165, 1.54) is 21.8 Å². The molecule has 0 aliphatic carbocycles. The molecule has 1 aliphatic rings. The van der Waals surface area contributed by atoms with Crippen LogP contribution in [0.1, 0.15) is 17.6 Å². The third-order valence-electron chi connectivity index (χ3n) is 5.61. The van der Waals surface area contributed by atoms with E-state index >= 15 is 0 Å². The van der Waals surface area contributed by atoms with Crippen molar-refractivity contribution in [3.05, 3.63) is 84.3 Å². The van der Waals surface area contributed by atoms with Gasteiger partial charge in [-0.15, -0.1) is 0 Å². The summed E-state index contributed by atoms with van der Waals surface area (Å²) in [5, 5.41) is 0. The molecule has 2 heterocycles. The van der Waals surface area contributed by atoms with Crippen LogP contribution in [0, 0.1) is 0 Å². The van der Waals surface area contributed by atoms with Crippen molar-refractivity contribution >= 4 is 32.9 Å². The first-order chi connectivity index (χ1) is 16.3. The topological polar surface area (TPSA) is 109 Å². The number of oxazole rings is 1. The van der Waals surface area contributed by atoms with Crippen molar-refractivity contribution in [2.45, 2.75) is 12.7 Å². The van der Waals surface area contributed by atoms with Gasteiger partial charge in [0, 0.05) is 18.7 Å². The number of nitrogens with zero attached hydrogens (tertiary/aromatic N) is 2. The summed E-state index contributed by atoms with van der Waals surface area (Å²) in [5.74, 6) is 1.49. The van der Waals surface area contributed by atoms with E-state index in [0.717, 1.165) is 30.5 Å². The van der Waals surface area contributed by atoms with Gasteiger partial charge in [-0.2, -0.15) is 0 Å². The number of ether oxygens (including phenoxy) is 1. The Morgan fingerprint density at radius 3 is 2.41 bits per heavy atom. The minimum atomic E-state index is -4.41. The van der Waals surface area contributed by atoms with Crippen molar-refractivity contribution in [1.29, 1.82) is 0 Å². The van der Waals surface area contributed by atoms with Crippen molar-refractivity contribution in [2.24, 2.45) is 0 Å². The Labute approximate surface area is 198 Å². The monoisotopic (exact) mass is 483 g/mol. The molecule has 0 bridgehead atoms. The number of para-hydroxylation sites is 2. The van der Waals surface area contributed by atoms with Crippen LogP contribution in [0.4, 0.5) is 11.4 Å². The molecular formula is C24H25N3O6S. The second kappa shape index (κ2) is 9.82. The normalized spacial score (nSPS) is 17.2. The Morgan fingerprint density at radius 1 is 1.06 bits per heavy atom. The highest BCUT2D eigenvalue weighted by molar-refractivity contribution is 7.80. The van der Waals surface area contributed by atoms with Crippen LogP contribution >= 0.6 is 0 Å². The quantitative estimate of drug-likeness (QED) is 0.341. The van der Waals surface area contributed by atoms with Crippen LogP contribution in [0.15, 0.2) is 77.2 Å². The molecule has 1 aromatic heterocycles. The Bertz CT molecular complexity index is 1370. The zero-order chi connectivity index (χ0) is 24.3. The summed E-state index contributed by atoms with van der Waals surface area (Å²) >= 11 is 0. The third kappa shape index (κ3) is 5.05. The number of aromatic nitrogens is 1. The van der Waals surface area contributed by atoms with E-state index in [9.17, 15) is 13.0 Å². The summed E-state index contributed by atoms with van der Waals surface area (Å²) in [4.78, 5) is 8.44. The number of fused-ring (bicyclic) bond motifs is 2. The van der Waals surface area contributed by atoms with Gasteiger partial charge in [0.15, 0.2) is 11.3 Å². The molecule has 1 aliphatic heterocycles. The van der Waals surface area contributed by atoms with E-state index in [1.54, 1.807) is 7.11 Å². The standard InChI is InChI=1S/C23H21N3O2.CH4O4S/c1-25-19-10-6-7-11-20(19)26(15-16-8-4-3-5-9-16)23(25)22-24-18-13-12-17(27-2)14-21(18)28-22;1-5-6(2,3)4/h3-14,23H,15H2,1-2H3;1H3,(H,2,3,4). The summed E-state index contributed by atoms with van der Waals surface area (Å²) in [5.41, 5.74) is 5.32. The molecule has 0 saturated heterocycles. The second-order valence-electron chi connectivity index (χ2n) is 7.68. The molecule has 0 amide bonds. The van der Waals surface area contributed by atoms with Gasteiger partial charge in [-0.3, -0.25) is 9.08 Å². The SMILES string of the molecule is COS(=O)(=O)[O-].COc1ccc2nc(C3N(Cc4ccccc4)c4ccccc4[NH+]3C)oc2c1. The first-order valence-corrected chi connectivity index (χ1v) is 11.8. The fraction of sp³-hybridized carbons (Fsp3) is 0.208. The third-order valence-corrected chi connectivity index (χ3v) is 6.01. The minimum absolute atomic E-state index is 0.0315. The Morgan fingerprint density at radius 2 is 1.74 bits per heavy atom. The Balaban J connectivity index is 0.000000408. The van der Waals surface area contributed by atoms with E-state index in [1.807, 2.05) is 24.3 Å². The first-order valence-electron chi connectivity index (χ1n) is 10.5. The lowest BCUT2D eigenvalue weighted by Gasteiger charge is -2.24. The van der Waals surface area contributed by atoms with Gasteiger partial charge in [-0.05, 0) is 23.8 Å². The van der Waals surface area contributed by atoms with Gasteiger partial charge in [0.2, 0.25) is 16.6 Å². The Hall–Kier alpha value is -3.44. The van der Waals surface area contributed by atoms with E-state index in [-0.39, 0.29) is 6.17 Å². The minimum Gasteiger partial charge on any atom is -0.726 e. The number of hydrogen-bond donors (Lipinski definition) is 1. The van der Waals surface area contributed by atoms with Gasteiger partial charge in [0.1, 0.15) is 17.0 Å². The van der Waals surface area contributed by atoms with Crippen LogP contribution in [0.2, 0.25) is 0 Å². The maximum Gasteiger partial charge on any atom is 0.278 e. The highest BCUT2D eigenvalue weighted by atomic mass is 32.3. The lowest BCUT2D eigenvalue weighted by molar-refractivity contribution is -0.840. The number of benzene rings is 3. The number of rotatable bonds is 5. The number of quaternary nitrogens is 1. The van der Waals surface area contributed by atoms with Crippen LogP contribution in [0.25, 0.3) is 11.1 Å². The Kier molecular flexibility index (Phi) is 6.85. The highest BCUT2D eigenvalue weighted by Crippen LogP contribution is 2.37. The number of hydrogen-bond acceptors (Lipinski definition) is 8. The van der Waals surface area contributed by atoms with Gasteiger partial charge in [-0.1, -0.05) is 42.5 Å². The molecule has 0 saturated carbocycles. The van der Waals surface area contributed by atoms with Crippen molar-refractivity contribution < 1.29 is 31.2 Å². The molecule has 5 rings (SSSR count). The summed E-state index contributed by atoms with van der Waals surface area (Å²) in [6, 6.07) is 24.8. The molecule has 0 fully saturated rings. The highest BCUT2D eigenvalue weighted by Gasteiger charge is 2.42. The zero-order valence-corrected chi connectivity index (χ0v) is 19.8. The predicted octanol–water partition coefficient (Wildman–Crippen LogP) is 2.79. The fourth-order valence-corrected chi connectivity index (χ4v) is 4.02. The zero-order valence-electron chi connectivity index (χ0n) is 19.0. The second-order valence-corrected chi connectivity index (χ2v) is 8.83. The molecule has 178 valence electrons. The van der Waals surface area contributed by atoms with Gasteiger partial charge in [0.25, 0.3) is 5.89 Å². The smallest absolute Gasteiger partial charge is 0.278 e. The van der Waals surface area contributed by atoms with Gasteiger partial charge in [0.05, 0.1) is 21.3 Å². The van der Waals surface area contributed by atoms with E-state index in [2.05, 4.69) is 64.7 Å². The van der Waals surface area contributed by atoms with Crippen LogP contribution in [0.5, 0.6) is 5.75 Å². The number of methoxy groups -OCH3 is 1. The average molecular weight is 484 g/mol. The van der Waals surface area contributed by atoms with Crippen molar-refractivity contribution in [3.8, 4) is 5.75 Å². The predicted molar refractivity (Wildman–Crippen MR) is 126 cm³/mol. The molecule has 0 radical (unpaired) electrons. The molecule has 34 heavy (non-hydrogen) atoms. The lowest BCUT2D eigenvalue weighted by atomic mass is 10.2. The molecule has 3 aromatic carbocycles. The summed E-state index contributed by atoms with van der Waals surface area (Å²) in [7, 11) is 0.225. The molecule has 4 aromatic rings. The average Bonchev–Trinajstić information content (AvgIpc) is 3.38. The molecule has 0 spiro atoms. The van der Waals surface area contributed by atoms with Crippen molar-refractivity contribution in [3.63, 3.8) is 0 Å². The lowest BCUT2D eigenvalue weighted by Crippen LogP contribution is -3.04. The molecule has 1 N–H and O–H groups in total. The van der Waals surface area contributed by atoms with Crippen molar-refractivity contribution in [1.82, 2.24) is 4.98 Å². The molecule has 10 heteroatoms. The van der Waals surface area contributed by atoms with Crippen LogP contribution < -0.4 is 14.5 Å². The largest absolute Gasteiger partial charge is 0.726 e. The molecule has 2 atom stereocenters. The van der Waals surface area contributed by atoms with Crippen LogP contribution in [0.3, 0.4) is 0 Å². The summed E-state index contributed by atoms with van der Waals surface area (Å²) in [6.45, 7) is 0.794. The van der Waals surface area contributed by atoms with Crippen molar-refractivity contribution in [2.75, 3.05) is 26.2 Å². The summed E-state index contributed by atoms with van der Waals surface area (Å²) < 4.78 is 42.6.